The minimum absolute atomic E-state index is 0.0163. The second-order valence-corrected chi connectivity index (χ2v) is 9.70. The van der Waals surface area contributed by atoms with Crippen LogP contribution >= 0.6 is 0 Å². The number of carbonyl (C=O) groups is 5. The topological polar surface area (TPSA) is 157 Å². The van der Waals surface area contributed by atoms with Crippen molar-refractivity contribution in [2.24, 2.45) is 5.73 Å². The Kier molecular flexibility index (Phi) is 12.6. The van der Waals surface area contributed by atoms with Gasteiger partial charge in [0.05, 0.1) is 13.0 Å². The molecule has 37 heavy (non-hydrogen) atoms. The van der Waals surface area contributed by atoms with Crippen LogP contribution in [-0.4, -0.2) is 65.5 Å². The van der Waals surface area contributed by atoms with E-state index in [4.69, 9.17) is 15.2 Å². The van der Waals surface area contributed by atoms with Crippen molar-refractivity contribution >= 4 is 29.8 Å². The van der Waals surface area contributed by atoms with E-state index in [0.717, 1.165) is 0 Å². The summed E-state index contributed by atoms with van der Waals surface area (Å²) in [5.74, 6) is -2.19. The van der Waals surface area contributed by atoms with Crippen LogP contribution in [0.3, 0.4) is 0 Å². The van der Waals surface area contributed by atoms with E-state index in [2.05, 4.69) is 10.6 Å². The largest absolute Gasteiger partial charge is 0.466 e. The van der Waals surface area contributed by atoms with Crippen LogP contribution in [0.1, 0.15) is 72.4 Å². The molecule has 1 aromatic rings. The highest BCUT2D eigenvalue weighted by Gasteiger charge is 2.37. The number of nitrogens with zero attached hydrogens (tertiary/aromatic N) is 1. The highest BCUT2D eigenvalue weighted by Crippen LogP contribution is 2.25. The molecule has 11 nitrogen and oxygen atoms in total. The van der Waals surface area contributed by atoms with Gasteiger partial charge in [-0.3, -0.25) is 19.2 Å². The van der Waals surface area contributed by atoms with Gasteiger partial charge in [0.1, 0.15) is 17.7 Å². The van der Waals surface area contributed by atoms with E-state index in [1.54, 1.807) is 71.9 Å². The molecular weight excluding hydrogens is 480 g/mol. The third-order valence-corrected chi connectivity index (χ3v) is 5.05. The molecule has 0 aliphatic heterocycles. The normalized spacial score (nSPS) is 12.7. The highest BCUT2D eigenvalue weighted by molar-refractivity contribution is 5.92. The Labute approximate surface area is 218 Å². The number of benzene rings is 1. The lowest BCUT2D eigenvalue weighted by Crippen LogP contribution is -2.55. The minimum Gasteiger partial charge on any atom is -0.466 e. The summed E-state index contributed by atoms with van der Waals surface area (Å²) in [6.45, 7) is 10.4. The molecule has 0 spiro atoms. The second kappa shape index (κ2) is 14.8. The molecule has 4 amide bonds. The predicted octanol–water partition coefficient (Wildman–Crippen LogP) is 2.19. The number of hydrogen-bond acceptors (Lipinski definition) is 7. The van der Waals surface area contributed by atoms with Crippen LogP contribution in [0.2, 0.25) is 0 Å². The monoisotopic (exact) mass is 520 g/mol. The minimum atomic E-state index is -1.18. The van der Waals surface area contributed by atoms with E-state index in [1.165, 1.54) is 4.90 Å². The Bertz CT molecular complexity index is 929. The lowest BCUT2D eigenvalue weighted by molar-refractivity contribution is -0.146. The summed E-state index contributed by atoms with van der Waals surface area (Å²) in [5.41, 5.74) is 5.02. The molecule has 0 bridgehead atoms. The maximum absolute atomic E-state index is 13.8. The fourth-order valence-corrected chi connectivity index (χ4v) is 3.54. The Morgan fingerprint density at radius 3 is 2.16 bits per heavy atom. The molecule has 2 atom stereocenters. The van der Waals surface area contributed by atoms with Gasteiger partial charge < -0.3 is 30.7 Å². The molecule has 4 N–H and O–H groups in total. The van der Waals surface area contributed by atoms with E-state index in [-0.39, 0.29) is 32.4 Å². The Morgan fingerprint density at radius 1 is 1.03 bits per heavy atom. The first-order chi connectivity index (χ1) is 17.3. The number of esters is 1. The van der Waals surface area contributed by atoms with Crippen molar-refractivity contribution in [3.8, 4) is 0 Å². The van der Waals surface area contributed by atoms with Crippen molar-refractivity contribution < 1.29 is 33.4 Å². The number of ether oxygens (including phenoxy) is 2. The Morgan fingerprint density at radius 2 is 1.65 bits per heavy atom. The maximum atomic E-state index is 13.8. The fourth-order valence-electron chi connectivity index (χ4n) is 3.54. The van der Waals surface area contributed by atoms with E-state index >= 15 is 0 Å². The van der Waals surface area contributed by atoms with Crippen LogP contribution in [-0.2, 0) is 28.7 Å². The molecule has 206 valence electrons. The summed E-state index contributed by atoms with van der Waals surface area (Å²) < 4.78 is 10.2. The number of alkyl carbamates (subject to hydrolysis) is 1. The van der Waals surface area contributed by atoms with Crippen LogP contribution in [0.25, 0.3) is 0 Å². The lowest BCUT2D eigenvalue weighted by Gasteiger charge is -2.37. The van der Waals surface area contributed by atoms with Crippen LogP contribution in [0.5, 0.6) is 0 Å². The zero-order valence-electron chi connectivity index (χ0n) is 22.5. The number of amides is 4. The number of primary amides is 1. The van der Waals surface area contributed by atoms with Crippen molar-refractivity contribution in [3.63, 3.8) is 0 Å². The van der Waals surface area contributed by atoms with Gasteiger partial charge in [-0.25, -0.2) is 4.79 Å². The third kappa shape index (κ3) is 11.3. The summed E-state index contributed by atoms with van der Waals surface area (Å²) in [5, 5.41) is 5.23. The van der Waals surface area contributed by atoms with Gasteiger partial charge in [0.2, 0.25) is 17.7 Å². The second-order valence-electron chi connectivity index (χ2n) is 9.70. The number of nitrogens with two attached hydrogens (primary N) is 1. The van der Waals surface area contributed by atoms with Gasteiger partial charge in [0, 0.05) is 19.0 Å². The van der Waals surface area contributed by atoms with Gasteiger partial charge in [-0.15, -0.1) is 0 Å². The first-order valence-electron chi connectivity index (χ1n) is 12.3. The summed E-state index contributed by atoms with van der Waals surface area (Å²) >= 11 is 0. The maximum Gasteiger partial charge on any atom is 0.408 e. The van der Waals surface area contributed by atoms with E-state index in [9.17, 15) is 24.0 Å². The summed E-state index contributed by atoms with van der Waals surface area (Å²) in [4.78, 5) is 64.3. The third-order valence-electron chi connectivity index (χ3n) is 5.05. The molecule has 0 aromatic heterocycles. The number of carbonyl (C=O) groups excluding carboxylic acids is 5. The van der Waals surface area contributed by atoms with Crippen LogP contribution < -0.4 is 16.4 Å². The summed E-state index contributed by atoms with van der Waals surface area (Å²) in [6, 6.07) is 5.93. The molecule has 0 heterocycles. The van der Waals surface area contributed by atoms with Gasteiger partial charge >= 0.3 is 12.1 Å². The lowest BCUT2D eigenvalue weighted by atomic mass is 10.00. The molecule has 0 saturated carbocycles. The molecular formula is C26H40N4O7. The molecule has 1 aromatic carbocycles. The zero-order valence-corrected chi connectivity index (χ0v) is 22.5. The number of hydrogen-bond donors (Lipinski definition) is 3. The van der Waals surface area contributed by atoms with Crippen LogP contribution in [0, 0.1) is 0 Å². The predicted molar refractivity (Wildman–Crippen MR) is 137 cm³/mol. The van der Waals surface area contributed by atoms with Gasteiger partial charge in [-0.1, -0.05) is 30.3 Å². The molecule has 0 fully saturated rings. The smallest absolute Gasteiger partial charge is 0.408 e. The Hall–Kier alpha value is -3.63. The molecule has 0 aliphatic carbocycles. The summed E-state index contributed by atoms with van der Waals surface area (Å²) in [6.07, 6.45) is -1.12. The highest BCUT2D eigenvalue weighted by atomic mass is 16.6. The fraction of sp³-hybridized carbons (Fsp3) is 0.577. The van der Waals surface area contributed by atoms with Gasteiger partial charge in [-0.05, 0) is 53.5 Å². The van der Waals surface area contributed by atoms with Crippen molar-refractivity contribution in [1.29, 1.82) is 0 Å². The SMILES string of the molecule is CCOC(=O)CCNC(=O)C(c1ccccc1)N(C(=O)C(CCC(N)=O)NC(=O)OC(C)(C)C)C(C)C. The van der Waals surface area contributed by atoms with Crippen molar-refractivity contribution in [2.45, 2.75) is 84.5 Å². The molecule has 0 saturated heterocycles. The van der Waals surface area contributed by atoms with Crippen molar-refractivity contribution in [2.75, 3.05) is 13.2 Å². The molecule has 0 aliphatic rings. The first-order valence-corrected chi connectivity index (χ1v) is 12.3. The van der Waals surface area contributed by atoms with Crippen molar-refractivity contribution in [1.82, 2.24) is 15.5 Å². The molecule has 11 heteroatoms. The van der Waals surface area contributed by atoms with Crippen molar-refractivity contribution in [3.05, 3.63) is 35.9 Å². The summed E-state index contributed by atoms with van der Waals surface area (Å²) in [7, 11) is 0. The molecule has 0 radical (unpaired) electrons. The van der Waals surface area contributed by atoms with Crippen LogP contribution in [0.15, 0.2) is 30.3 Å². The van der Waals surface area contributed by atoms with E-state index in [0.29, 0.717) is 5.56 Å². The quantitative estimate of drug-likeness (QED) is 0.336. The van der Waals surface area contributed by atoms with Gasteiger partial charge in [-0.2, -0.15) is 0 Å². The van der Waals surface area contributed by atoms with Gasteiger partial charge in [0.15, 0.2) is 0 Å². The molecule has 1 rings (SSSR count). The van der Waals surface area contributed by atoms with E-state index in [1.807, 2.05) is 0 Å². The average Bonchev–Trinajstić information content (AvgIpc) is 2.78. The average molecular weight is 521 g/mol. The zero-order chi connectivity index (χ0) is 28.2. The van der Waals surface area contributed by atoms with Crippen LogP contribution in [0.4, 0.5) is 4.79 Å². The van der Waals surface area contributed by atoms with Gasteiger partial charge in [0.25, 0.3) is 0 Å². The standard InChI is InChI=1S/C26H40N4O7/c1-7-36-21(32)15-16-28-23(33)22(18-11-9-8-10-12-18)30(17(2)3)24(34)19(13-14-20(27)31)29-25(35)37-26(4,5)6/h8-12,17,19,22H,7,13-16H2,1-6H3,(H2,27,31)(H,28,33)(H,29,35). The first kappa shape index (κ1) is 31.4. The van der Waals surface area contributed by atoms with E-state index < -0.39 is 53.5 Å². The number of nitrogens with one attached hydrogen (secondary N) is 2. The number of rotatable bonds is 13. The molecule has 2 unspecified atom stereocenters. The Balaban J connectivity index is 3.31.